The van der Waals surface area contributed by atoms with Crippen LogP contribution in [0.25, 0.3) is 0 Å². The maximum absolute atomic E-state index is 12.2. The van der Waals surface area contributed by atoms with Gasteiger partial charge in [0.1, 0.15) is 0 Å². The van der Waals surface area contributed by atoms with Crippen LogP contribution in [-0.2, 0) is 13.1 Å². The molecule has 0 aliphatic carbocycles. The minimum Gasteiger partial charge on any atom is -0.330 e. The molecule has 0 aromatic carbocycles. The lowest BCUT2D eigenvalue weighted by atomic mass is 10.4. The van der Waals surface area contributed by atoms with Gasteiger partial charge in [0, 0.05) is 31.9 Å². The molecule has 108 valence electrons. The Bertz CT molecular complexity index is 488. The van der Waals surface area contributed by atoms with Gasteiger partial charge in [-0.25, -0.2) is 4.79 Å². The normalized spacial score (nSPS) is 11.2. The highest BCUT2D eigenvalue weighted by Gasteiger charge is 2.06. The maximum Gasteiger partial charge on any atom is 0.331 e. The van der Waals surface area contributed by atoms with Crippen molar-refractivity contribution >= 4 is 0 Å². The number of rotatable bonds is 8. The molecule has 1 aromatic heterocycles. The smallest absolute Gasteiger partial charge is 0.330 e. The van der Waals surface area contributed by atoms with Crippen molar-refractivity contribution in [1.29, 1.82) is 0 Å². The third-order valence-electron chi connectivity index (χ3n) is 3.28. The first-order valence-corrected chi connectivity index (χ1v) is 6.86. The van der Waals surface area contributed by atoms with Gasteiger partial charge in [-0.2, -0.15) is 0 Å². The van der Waals surface area contributed by atoms with Gasteiger partial charge in [-0.3, -0.25) is 13.9 Å². The predicted octanol–water partition coefficient (Wildman–Crippen LogP) is -0.299. The molecule has 0 aliphatic heterocycles. The van der Waals surface area contributed by atoms with Crippen LogP contribution in [0.4, 0.5) is 0 Å². The number of hydrogen-bond acceptors (Lipinski definition) is 4. The molecule has 0 spiro atoms. The molecule has 1 aromatic rings. The minimum atomic E-state index is -0.252. The first-order chi connectivity index (χ1) is 9.13. The van der Waals surface area contributed by atoms with E-state index in [4.69, 9.17) is 5.73 Å². The largest absolute Gasteiger partial charge is 0.331 e. The zero-order chi connectivity index (χ0) is 14.3. The van der Waals surface area contributed by atoms with Gasteiger partial charge in [-0.1, -0.05) is 13.8 Å². The van der Waals surface area contributed by atoms with Crippen molar-refractivity contribution in [1.82, 2.24) is 14.0 Å². The molecule has 1 rings (SSSR count). The summed E-state index contributed by atoms with van der Waals surface area (Å²) in [7, 11) is 0. The van der Waals surface area contributed by atoms with E-state index in [1.165, 1.54) is 10.6 Å². The summed E-state index contributed by atoms with van der Waals surface area (Å²) in [4.78, 5) is 26.0. The van der Waals surface area contributed by atoms with Gasteiger partial charge in [-0.05, 0) is 26.1 Å². The van der Waals surface area contributed by atoms with Crippen LogP contribution in [0.5, 0.6) is 0 Å². The molecular formula is C13H24N4O2. The second-order valence-corrected chi connectivity index (χ2v) is 4.45. The number of likely N-dealkylation sites (N-methyl/N-ethyl adjacent to an activating group) is 1. The molecule has 0 bridgehead atoms. The van der Waals surface area contributed by atoms with Crippen LogP contribution >= 0.6 is 0 Å². The molecule has 1 heterocycles. The Kier molecular flexibility index (Phi) is 6.52. The second-order valence-electron chi connectivity index (χ2n) is 4.45. The summed E-state index contributed by atoms with van der Waals surface area (Å²) >= 11 is 0. The molecule has 0 saturated heterocycles. The minimum absolute atomic E-state index is 0.242. The van der Waals surface area contributed by atoms with E-state index < -0.39 is 0 Å². The average molecular weight is 268 g/mol. The van der Waals surface area contributed by atoms with Crippen molar-refractivity contribution in [3.05, 3.63) is 33.1 Å². The van der Waals surface area contributed by atoms with E-state index in [-0.39, 0.29) is 11.2 Å². The fourth-order valence-corrected chi connectivity index (χ4v) is 1.97. The number of hydrogen-bond donors (Lipinski definition) is 1. The zero-order valence-electron chi connectivity index (χ0n) is 11.8. The zero-order valence-corrected chi connectivity index (χ0v) is 11.8. The summed E-state index contributed by atoms with van der Waals surface area (Å²) in [5.74, 6) is 0. The molecule has 6 nitrogen and oxygen atoms in total. The molecule has 0 unspecified atom stereocenters. The van der Waals surface area contributed by atoms with Crippen molar-refractivity contribution < 1.29 is 0 Å². The van der Waals surface area contributed by atoms with Gasteiger partial charge in [0.25, 0.3) is 5.56 Å². The number of aromatic nitrogens is 2. The van der Waals surface area contributed by atoms with Crippen LogP contribution in [0.15, 0.2) is 21.9 Å². The van der Waals surface area contributed by atoms with E-state index in [9.17, 15) is 9.59 Å². The van der Waals surface area contributed by atoms with Crippen LogP contribution < -0.4 is 17.0 Å². The summed E-state index contributed by atoms with van der Waals surface area (Å²) in [6.45, 7) is 8.37. The van der Waals surface area contributed by atoms with Gasteiger partial charge in [0.05, 0.1) is 0 Å². The van der Waals surface area contributed by atoms with Crippen molar-refractivity contribution in [2.75, 3.05) is 26.2 Å². The lowest BCUT2D eigenvalue weighted by molar-refractivity contribution is 0.286. The molecule has 0 aliphatic rings. The Balaban J connectivity index is 2.85. The number of nitrogens with two attached hydrogens (primary N) is 1. The van der Waals surface area contributed by atoms with Crippen molar-refractivity contribution in [2.24, 2.45) is 5.73 Å². The third kappa shape index (κ3) is 4.33. The molecule has 0 atom stereocenters. The Morgan fingerprint density at radius 1 is 1.21 bits per heavy atom. The van der Waals surface area contributed by atoms with E-state index in [1.807, 2.05) is 0 Å². The topological polar surface area (TPSA) is 73.3 Å². The highest BCUT2D eigenvalue weighted by Crippen LogP contribution is 1.89. The van der Waals surface area contributed by atoms with Crippen molar-refractivity contribution in [3.8, 4) is 0 Å². The van der Waals surface area contributed by atoms with Gasteiger partial charge in [0.15, 0.2) is 0 Å². The van der Waals surface area contributed by atoms with E-state index in [1.54, 1.807) is 10.8 Å². The average Bonchev–Trinajstić information content (AvgIpc) is 2.42. The molecule has 0 radical (unpaired) electrons. The van der Waals surface area contributed by atoms with Crippen LogP contribution in [0, 0.1) is 0 Å². The van der Waals surface area contributed by atoms with Crippen LogP contribution in [0.3, 0.4) is 0 Å². The van der Waals surface area contributed by atoms with E-state index in [2.05, 4.69) is 18.7 Å². The first-order valence-electron chi connectivity index (χ1n) is 6.86. The van der Waals surface area contributed by atoms with Crippen LogP contribution in [0.2, 0.25) is 0 Å². The summed E-state index contributed by atoms with van der Waals surface area (Å²) in [6, 6.07) is 1.44. The molecule has 0 saturated carbocycles. The van der Waals surface area contributed by atoms with Crippen molar-refractivity contribution in [3.63, 3.8) is 0 Å². The molecule has 6 heteroatoms. The highest BCUT2D eigenvalue weighted by molar-refractivity contribution is 4.86. The Morgan fingerprint density at radius 3 is 2.47 bits per heavy atom. The standard InChI is InChI=1S/C13H24N4O2/c1-3-15(4-2)10-11-16-9-6-12(18)17(13(16)19)8-5-7-14/h6,9H,3-5,7-8,10-11,14H2,1-2H3. The van der Waals surface area contributed by atoms with Crippen LogP contribution in [0.1, 0.15) is 20.3 Å². The van der Waals surface area contributed by atoms with Gasteiger partial charge >= 0.3 is 5.69 Å². The Morgan fingerprint density at radius 2 is 1.89 bits per heavy atom. The fourth-order valence-electron chi connectivity index (χ4n) is 1.97. The molecule has 0 fully saturated rings. The Hall–Kier alpha value is -1.40. The summed E-state index contributed by atoms with van der Waals surface area (Å²) in [5, 5.41) is 0. The Labute approximate surface area is 113 Å². The lowest BCUT2D eigenvalue weighted by Crippen LogP contribution is -2.41. The van der Waals surface area contributed by atoms with Crippen molar-refractivity contribution in [2.45, 2.75) is 33.4 Å². The lowest BCUT2D eigenvalue weighted by Gasteiger charge is -2.18. The van der Waals surface area contributed by atoms with Gasteiger partial charge in [-0.15, -0.1) is 0 Å². The highest BCUT2D eigenvalue weighted by atomic mass is 16.2. The molecular weight excluding hydrogens is 244 g/mol. The van der Waals surface area contributed by atoms with E-state index >= 15 is 0 Å². The first kappa shape index (κ1) is 15.7. The van der Waals surface area contributed by atoms with E-state index in [0.29, 0.717) is 26.1 Å². The van der Waals surface area contributed by atoms with Crippen LogP contribution in [-0.4, -0.2) is 40.2 Å². The summed E-state index contributed by atoms with van der Waals surface area (Å²) < 4.78 is 2.85. The van der Waals surface area contributed by atoms with Gasteiger partial charge in [0.2, 0.25) is 0 Å². The summed E-state index contributed by atoms with van der Waals surface area (Å²) in [6.07, 6.45) is 2.21. The monoisotopic (exact) mass is 268 g/mol. The fraction of sp³-hybridized carbons (Fsp3) is 0.692. The molecule has 19 heavy (non-hydrogen) atoms. The summed E-state index contributed by atoms with van der Waals surface area (Å²) in [5.41, 5.74) is 4.92. The molecule has 2 N–H and O–H groups in total. The third-order valence-corrected chi connectivity index (χ3v) is 3.28. The second kappa shape index (κ2) is 7.91. The van der Waals surface area contributed by atoms with E-state index in [0.717, 1.165) is 19.6 Å². The molecule has 0 amide bonds. The predicted molar refractivity (Wildman–Crippen MR) is 76.4 cm³/mol. The maximum atomic E-state index is 12.2. The van der Waals surface area contributed by atoms with Gasteiger partial charge < -0.3 is 10.6 Å². The quantitative estimate of drug-likeness (QED) is 0.702. The SMILES string of the molecule is CCN(CC)CCn1ccc(=O)n(CCCN)c1=O. The number of nitrogens with zero attached hydrogens (tertiary/aromatic N) is 3.